The summed E-state index contributed by atoms with van der Waals surface area (Å²) in [4.78, 5) is 26.4. The van der Waals surface area contributed by atoms with Crippen LogP contribution in [0.4, 0.5) is 5.69 Å². The zero-order chi connectivity index (χ0) is 24.0. The fourth-order valence-corrected chi connectivity index (χ4v) is 5.74. The second-order valence-electron chi connectivity index (χ2n) is 7.82. The highest BCUT2D eigenvalue weighted by atomic mass is 35.5. The summed E-state index contributed by atoms with van der Waals surface area (Å²) in [7, 11) is -4.06. The standard InChI is InChI=1S/C24H28ClN3O4S/c1-3-14-28(20-10-6-5-7-11-20)33(31,32)22-16-18(12-13-21(22)25)24(30)27-15-8-9-19(17-27)26-23(29)4-2/h3,5-7,10-13,16,19H,1,4,8-9,14-15,17H2,2H3,(H,26,29)/t19-/m1/s1. The predicted molar refractivity (Wildman–Crippen MR) is 130 cm³/mol. The van der Waals surface area contributed by atoms with Crippen LogP contribution >= 0.6 is 11.6 Å². The SMILES string of the molecule is C=CCN(c1ccccc1)S(=O)(=O)c1cc(C(=O)N2CCC[C@@H](NC(=O)CC)C2)ccc1Cl. The maximum Gasteiger partial charge on any atom is 0.266 e. The topological polar surface area (TPSA) is 86.8 Å². The van der Waals surface area contributed by atoms with E-state index >= 15 is 0 Å². The van der Waals surface area contributed by atoms with Gasteiger partial charge in [-0.15, -0.1) is 6.58 Å². The molecule has 1 saturated heterocycles. The maximum atomic E-state index is 13.5. The van der Waals surface area contributed by atoms with E-state index in [0.29, 0.717) is 25.2 Å². The molecule has 9 heteroatoms. The minimum absolute atomic E-state index is 0.0308. The Kier molecular flexibility index (Phi) is 8.15. The fraction of sp³-hybridized carbons (Fsp3) is 0.333. The maximum absolute atomic E-state index is 13.5. The van der Waals surface area contributed by atoms with E-state index in [2.05, 4.69) is 11.9 Å². The molecule has 0 radical (unpaired) electrons. The number of halogens is 1. The molecule has 0 spiro atoms. The van der Waals surface area contributed by atoms with Crippen LogP contribution < -0.4 is 9.62 Å². The Morgan fingerprint density at radius 3 is 2.64 bits per heavy atom. The van der Waals surface area contributed by atoms with Gasteiger partial charge in [0.1, 0.15) is 4.90 Å². The summed E-state index contributed by atoms with van der Waals surface area (Å²) in [6, 6.07) is 12.8. The van der Waals surface area contributed by atoms with Crippen molar-refractivity contribution < 1.29 is 18.0 Å². The summed E-state index contributed by atoms with van der Waals surface area (Å²) in [6.07, 6.45) is 3.42. The van der Waals surface area contributed by atoms with Gasteiger partial charge in [-0.1, -0.05) is 42.8 Å². The average molecular weight is 490 g/mol. The summed E-state index contributed by atoms with van der Waals surface area (Å²) in [5, 5.41) is 2.96. The zero-order valence-corrected chi connectivity index (χ0v) is 20.1. The van der Waals surface area contributed by atoms with E-state index in [4.69, 9.17) is 11.6 Å². The van der Waals surface area contributed by atoms with Gasteiger partial charge in [0.25, 0.3) is 15.9 Å². The van der Waals surface area contributed by atoms with Gasteiger partial charge in [0.2, 0.25) is 5.91 Å². The van der Waals surface area contributed by atoms with Crippen molar-refractivity contribution in [2.45, 2.75) is 37.1 Å². The number of para-hydroxylation sites is 1. The quantitative estimate of drug-likeness (QED) is 0.570. The Bertz CT molecular complexity index is 1120. The second kappa shape index (κ2) is 10.9. The minimum atomic E-state index is -4.06. The Labute approximate surface area is 200 Å². The van der Waals surface area contributed by atoms with Gasteiger partial charge in [0.05, 0.1) is 17.3 Å². The molecule has 33 heavy (non-hydrogen) atoms. The van der Waals surface area contributed by atoms with Gasteiger partial charge >= 0.3 is 0 Å². The van der Waals surface area contributed by atoms with Crippen LogP contribution in [0.3, 0.4) is 0 Å². The van der Waals surface area contributed by atoms with Crippen LogP contribution in [0.2, 0.25) is 5.02 Å². The summed E-state index contributed by atoms with van der Waals surface area (Å²) in [6.45, 7) is 6.41. The van der Waals surface area contributed by atoms with Gasteiger partial charge in [-0.2, -0.15) is 0 Å². The highest BCUT2D eigenvalue weighted by Gasteiger charge is 2.30. The fourth-order valence-electron chi connectivity index (χ4n) is 3.80. The molecule has 2 amide bonds. The van der Waals surface area contributed by atoms with E-state index < -0.39 is 10.0 Å². The van der Waals surface area contributed by atoms with Crippen LogP contribution in [-0.2, 0) is 14.8 Å². The number of nitrogens with zero attached hydrogens (tertiary/aromatic N) is 2. The van der Waals surface area contributed by atoms with E-state index in [9.17, 15) is 18.0 Å². The number of hydrogen-bond donors (Lipinski definition) is 1. The molecule has 1 N–H and O–H groups in total. The number of likely N-dealkylation sites (tertiary alicyclic amines) is 1. The number of piperidine rings is 1. The molecule has 7 nitrogen and oxygen atoms in total. The first-order valence-electron chi connectivity index (χ1n) is 10.8. The second-order valence-corrected chi connectivity index (χ2v) is 10.1. The Morgan fingerprint density at radius 1 is 1.24 bits per heavy atom. The molecular weight excluding hydrogens is 462 g/mol. The van der Waals surface area contributed by atoms with Crippen LogP contribution in [0.25, 0.3) is 0 Å². The number of hydrogen-bond acceptors (Lipinski definition) is 4. The molecule has 0 bridgehead atoms. The van der Waals surface area contributed by atoms with Crippen LogP contribution in [0.15, 0.2) is 66.1 Å². The first kappa shape index (κ1) is 24.8. The van der Waals surface area contributed by atoms with Crippen molar-refractivity contribution in [3.05, 3.63) is 71.8 Å². The van der Waals surface area contributed by atoms with E-state index in [-0.39, 0.29) is 39.9 Å². The first-order valence-corrected chi connectivity index (χ1v) is 12.7. The number of carbonyl (C=O) groups excluding carboxylic acids is 2. The van der Waals surface area contributed by atoms with Crippen molar-refractivity contribution >= 4 is 39.1 Å². The number of carbonyl (C=O) groups is 2. The molecule has 2 aromatic carbocycles. The molecule has 0 unspecified atom stereocenters. The summed E-state index contributed by atoms with van der Waals surface area (Å²) < 4.78 is 28.2. The minimum Gasteiger partial charge on any atom is -0.352 e. The summed E-state index contributed by atoms with van der Waals surface area (Å²) in [5.74, 6) is -0.356. The molecule has 3 rings (SSSR count). The molecule has 0 aromatic heterocycles. The summed E-state index contributed by atoms with van der Waals surface area (Å²) >= 11 is 6.30. The molecule has 0 saturated carbocycles. The van der Waals surface area contributed by atoms with Crippen LogP contribution in [0.1, 0.15) is 36.5 Å². The Balaban J connectivity index is 1.90. The van der Waals surface area contributed by atoms with Crippen molar-refractivity contribution in [2.24, 2.45) is 0 Å². The normalized spacial score (nSPS) is 16.2. The number of amides is 2. The monoisotopic (exact) mass is 489 g/mol. The lowest BCUT2D eigenvalue weighted by Crippen LogP contribution is -2.49. The van der Waals surface area contributed by atoms with Gasteiger partial charge < -0.3 is 10.2 Å². The Hall–Kier alpha value is -2.84. The van der Waals surface area contributed by atoms with Crippen LogP contribution in [-0.4, -0.2) is 50.8 Å². The number of sulfonamides is 1. The molecule has 1 heterocycles. The van der Waals surface area contributed by atoms with Gasteiger partial charge in [0.15, 0.2) is 0 Å². The van der Waals surface area contributed by atoms with E-state index in [1.165, 1.54) is 28.6 Å². The lowest BCUT2D eigenvalue weighted by atomic mass is 10.0. The lowest BCUT2D eigenvalue weighted by Gasteiger charge is -2.33. The smallest absolute Gasteiger partial charge is 0.266 e. The van der Waals surface area contributed by atoms with E-state index in [1.54, 1.807) is 42.2 Å². The number of anilines is 1. The van der Waals surface area contributed by atoms with Crippen molar-refractivity contribution in [1.82, 2.24) is 10.2 Å². The molecular formula is C24H28ClN3O4S. The first-order chi connectivity index (χ1) is 15.8. The zero-order valence-electron chi connectivity index (χ0n) is 18.5. The average Bonchev–Trinajstić information content (AvgIpc) is 2.82. The largest absolute Gasteiger partial charge is 0.352 e. The molecule has 2 aromatic rings. The molecule has 1 fully saturated rings. The van der Waals surface area contributed by atoms with E-state index in [0.717, 1.165) is 12.8 Å². The predicted octanol–water partition coefficient (Wildman–Crippen LogP) is 3.85. The van der Waals surface area contributed by atoms with E-state index in [1.807, 2.05) is 0 Å². The highest BCUT2D eigenvalue weighted by Crippen LogP contribution is 2.30. The number of benzene rings is 2. The third-order valence-electron chi connectivity index (χ3n) is 5.48. The Morgan fingerprint density at radius 2 is 1.97 bits per heavy atom. The molecule has 176 valence electrons. The van der Waals surface area contributed by atoms with Crippen molar-refractivity contribution in [3.63, 3.8) is 0 Å². The number of rotatable bonds is 8. The van der Waals surface area contributed by atoms with Crippen LogP contribution in [0, 0.1) is 0 Å². The molecule has 0 aliphatic carbocycles. The molecule has 1 aliphatic rings. The van der Waals surface area contributed by atoms with Crippen molar-refractivity contribution in [2.75, 3.05) is 23.9 Å². The lowest BCUT2D eigenvalue weighted by molar-refractivity contribution is -0.121. The van der Waals surface area contributed by atoms with Crippen molar-refractivity contribution in [1.29, 1.82) is 0 Å². The number of nitrogens with one attached hydrogen (secondary N) is 1. The van der Waals surface area contributed by atoms with Crippen LogP contribution in [0.5, 0.6) is 0 Å². The third kappa shape index (κ3) is 5.75. The molecule has 1 atom stereocenters. The summed E-state index contributed by atoms with van der Waals surface area (Å²) in [5.41, 5.74) is 0.697. The van der Waals surface area contributed by atoms with Gasteiger partial charge in [-0.05, 0) is 43.2 Å². The van der Waals surface area contributed by atoms with Gasteiger partial charge in [-0.3, -0.25) is 13.9 Å². The molecule has 1 aliphatic heterocycles. The van der Waals surface area contributed by atoms with Gasteiger partial charge in [0, 0.05) is 31.1 Å². The van der Waals surface area contributed by atoms with Gasteiger partial charge in [-0.25, -0.2) is 8.42 Å². The van der Waals surface area contributed by atoms with Crippen molar-refractivity contribution in [3.8, 4) is 0 Å². The third-order valence-corrected chi connectivity index (χ3v) is 7.76. The highest BCUT2D eigenvalue weighted by molar-refractivity contribution is 7.93.